The first-order chi connectivity index (χ1) is 28.6. The van der Waals surface area contributed by atoms with Crippen molar-refractivity contribution in [2.75, 3.05) is 9.80 Å². The lowest BCUT2D eigenvalue weighted by atomic mass is 9.61. The molecule has 290 valence electrons. The topological polar surface area (TPSA) is 54.1 Å². The molecule has 4 atom stereocenters. The lowest BCUT2D eigenvalue weighted by molar-refractivity contribution is 0.195. The first-order valence-corrected chi connectivity index (χ1v) is 21.8. The van der Waals surface area contributed by atoms with Crippen LogP contribution in [0.1, 0.15) is 112 Å². The summed E-state index contributed by atoms with van der Waals surface area (Å²) in [6.07, 6.45) is 10.5. The van der Waals surface area contributed by atoms with Crippen LogP contribution in [0.15, 0.2) is 121 Å². The Balaban J connectivity index is 0.964. The number of hydrogen-bond acceptors (Lipinski definition) is 4. The van der Waals surface area contributed by atoms with Gasteiger partial charge in [-0.2, -0.15) is 10.5 Å². The minimum Gasteiger partial charge on any atom is -0.334 e. The van der Waals surface area contributed by atoms with E-state index in [4.69, 9.17) is 0 Å². The number of rotatable bonds is 4. The molecule has 4 unspecified atom stereocenters. The van der Waals surface area contributed by atoms with E-state index >= 15 is 0 Å². The molecule has 0 spiro atoms. The number of nitriles is 2. The minimum atomic E-state index is -0.0415. The Bertz CT molecular complexity index is 2610. The zero-order valence-corrected chi connectivity index (χ0v) is 34.7. The van der Waals surface area contributed by atoms with Gasteiger partial charge in [0.2, 0.25) is 0 Å². The quantitative estimate of drug-likeness (QED) is 0.179. The zero-order chi connectivity index (χ0) is 40.3. The molecule has 0 N–H and O–H groups in total. The van der Waals surface area contributed by atoms with Crippen LogP contribution in [0, 0.1) is 22.7 Å². The molecule has 2 fully saturated rings. The Kier molecular flexibility index (Phi) is 7.75. The molecule has 2 heterocycles. The Morgan fingerprint density at radius 2 is 0.814 bits per heavy atom. The molecule has 4 nitrogen and oxygen atoms in total. The summed E-state index contributed by atoms with van der Waals surface area (Å²) in [5, 5.41) is 19.0. The minimum absolute atomic E-state index is 0.0176. The Morgan fingerprint density at radius 1 is 0.441 bits per heavy atom. The van der Waals surface area contributed by atoms with E-state index in [2.05, 4.69) is 147 Å². The zero-order valence-electron chi connectivity index (χ0n) is 34.7. The van der Waals surface area contributed by atoms with E-state index in [0.29, 0.717) is 11.1 Å². The highest BCUT2D eigenvalue weighted by atomic mass is 15.3. The molecule has 2 saturated carbocycles. The first-order valence-electron chi connectivity index (χ1n) is 21.8. The van der Waals surface area contributed by atoms with Gasteiger partial charge in [0, 0.05) is 33.6 Å². The van der Waals surface area contributed by atoms with Crippen LogP contribution in [0.25, 0.3) is 33.4 Å². The van der Waals surface area contributed by atoms with E-state index < -0.39 is 0 Å². The third kappa shape index (κ3) is 4.93. The molecule has 0 saturated heterocycles. The number of hydrogen-bond donors (Lipinski definition) is 0. The second-order valence-electron chi connectivity index (χ2n) is 19.0. The number of fused-ring (bicyclic) bond motifs is 9. The third-order valence-electron chi connectivity index (χ3n) is 16.3. The Labute approximate surface area is 349 Å². The predicted octanol–water partition coefficient (Wildman–Crippen LogP) is 13.8. The Hall–Kier alpha value is -6.10. The van der Waals surface area contributed by atoms with Crippen LogP contribution >= 0.6 is 0 Å². The Morgan fingerprint density at radius 3 is 1.22 bits per heavy atom. The molecule has 5 aliphatic rings. The van der Waals surface area contributed by atoms with Gasteiger partial charge in [0.25, 0.3) is 0 Å². The van der Waals surface area contributed by atoms with Gasteiger partial charge in [-0.25, -0.2) is 0 Å². The van der Waals surface area contributed by atoms with Crippen molar-refractivity contribution in [3.8, 4) is 45.5 Å². The van der Waals surface area contributed by atoms with Crippen LogP contribution in [0.4, 0.5) is 22.7 Å². The molecule has 59 heavy (non-hydrogen) atoms. The van der Waals surface area contributed by atoms with Crippen molar-refractivity contribution >= 4 is 22.7 Å². The lowest BCUT2D eigenvalue weighted by Crippen LogP contribution is -2.54. The summed E-state index contributed by atoms with van der Waals surface area (Å²) in [6.45, 7) is 9.93. The van der Waals surface area contributed by atoms with Crippen LogP contribution in [0.5, 0.6) is 0 Å². The van der Waals surface area contributed by atoms with Crippen molar-refractivity contribution in [1.82, 2.24) is 0 Å². The molecule has 11 rings (SSSR count). The van der Waals surface area contributed by atoms with Gasteiger partial charge in [-0.3, -0.25) is 0 Å². The van der Waals surface area contributed by atoms with Crippen molar-refractivity contribution in [2.24, 2.45) is 0 Å². The van der Waals surface area contributed by atoms with Gasteiger partial charge in [-0.1, -0.05) is 75.9 Å². The van der Waals surface area contributed by atoms with Gasteiger partial charge < -0.3 is 9.80 Å². The van der Waals surface area contributed by atoms with Gasteiger partial charge in [0.05, 0.1) is 34.3 Å². The second-order valence-corrected chi connectivity index (χ2v) is 19.0. The molecule has 0 bridgehead atoms. The van der Waals surface area contributed by atoms with Gasteiger partial charge >= 0.3 is 0 Å². The molecule has 6 aromatic rings. The highest BCUT2D eigenvalue weighted by molar-refractivity contribution is 5.88. The molecule has 0 amide bonds. The summed E-state index contributed by atoms with van der Waals surface area (Å²) >= 11 is 0. The van der Waals surface area contributed by atoms with Crippen LogP contribution < -0.4 is 9.80 Å². The monoisotopic (exact) mass is 766 g/mol. The van der Waals surface area contributed by atoms with Crippen molar-refractivity contribution in [1.29, 1.82) is 10.5 Å². The number of benzene rings is 6. The van der Waals surface area contributed by atoms with Gasteiger partial charge in [0.15, 0.2) is 0 Å². The molecule has 2 aliphatic heterocycles. The average molecular weight is 767 g/mol. The number of anilines is 4. The molecule has 0 aromatic heterocycles. The van der Waals surface area contributed by atoms with Crippen LogP contribution in [0.3, 0.4) is 0 Å². The van der Waals surface area contributed by atoms with E-state index in [0.717, 1.165) is 19.3 Å². The molecular formula is C55H50N4. The maximum absolute atomic E-state index is 9.51. The van der Waals surface area contributed by atoms with Crippen LogP contribution in [-0.4, -0.2) is 11.1 Å². The fraction of sp³-hybridized carbons (Fsp3) is 0.309. The summed E-state index contributed by atoms with van der Waals surface area (Å²) in [6, 6.07) is 49.7. The van der Waals surface area contributed by atoms with E-state index in [-0.39, 0.29) is 21.9 Å². The highest BCUT2D eigenvalue weighted by Gasteiger charge is 2.59. The maximum Gasteiger partial charge on any atom is 0.0991 e. The largest absolute Gasteiger partial charge is 0.334 e. The fourth-order valence-electron chi connectivity index (χ4n) is 12.5. The van der Waals surface area contributed by atoms with Crippen LogP contribution in [0.2, 0.25) is 0 Å². The number of nitrogens with zero attached hydrogens (tertiary/aromatic N) is 4. The smallest absolute Gasteiger partial charge is 0.0991 e. The molecule has 0 radical (unpaired) electrons. The first kappa shape index (κ1) is 36.0. The van der Waals surface area contributed by atoms with E-state index in [9.17, 15) is 10.5 Å². The SMILES string of the molecule is CC12CCCCC1(C)N(c1ccc(C#N)cc1)c1ccc(-c3ccc4c(c3)-c3cc(-c5ccc6c(c5)C5(C)CCCCC5(C)N6c5ccc(C#N)cc5)ccc3C4)cc12. The predicted molar refractivity (Wildman–Crippen MR) is 241 cm³/mol. The van der Waals surface area contributed by atoms with E-state index in [1.54, 1.807) is 0 Å². The van der Waals surface area contributed by atoms with E-state index in [1.165, 1.54) is 117 Å². The second kappa shape index (κ2) is 12.7. The molecule has 4 heteroatoms. The summed E-state index contributed by atoms with van der Waals surface area (Å²) in [7, 11) is 0. The lowest BCUT2D eigenvalue weighted by Gasteiger charge is -2.50. The highest BCUT2D eigenvalue weighted by Crippen LogP contribution is 2.63. The maximum atomic E-state index is 9.51. The van der Waals surface area contributed by atoms with Crippen molar-refractivity contribution in [3.63, 3.8) is 0 Å². The van der Waals surface area contributed by atoms with Crippen LogP contribution in [-0.2, 0) is 17.3 Å². The molecule has 6 aromatic carbocycles. The summed E-state index contributed by atoms with van der Waals surface area (Å²) < 4.78 is 0. The van der Waals surface area contributed by atoms with Gasteiger partial charge in [-0.05, 0) is 187 Å². The fourth-order valence-corrected chi connectivity index (χ4v) is 12.5. The summed E-state index contributed by atoms with van der Waals surface area (Å²) in [4.78, 5) is 5.18. The summed E-state index contributed by atoms with van der Waals surface area (Å²) in [5.41, 5.74) is 19.8. The molecule has 3 aliphatic carbocycles. The average Bonchev–Trinajstić information content (AvgIpc) is 3.81. The third-order valence-corrected chi connectivity index (χ3v) is 16.3. The van der Waals surface area contributed by atoms with Crippen molar-refractivity contribution < 1.29 is 0 Å². The summed E-state index contributed by atoms with van der Waals surface area (Å²) in [5.74, 6) is 0. The van der Waals surface area contributed by atoms with Gasteiger partial charge in [0.1, 0.15) is 0 Å². The van der Waals surface area contributed by atoms with E-state index in [1.807, 2.05) is 24.3 Å². The molecular weight excluding hydrogens is 717 g/mol. The van der Waals surface area contributed by atoms with Gasteiger partial charge in [-0.15, -0.1) is 0 Å². The normalized spacial score (nSPS) is 25.9. The standard InChI is InChI=1S/C55H50N4/c1-52-25-5-7-27-54(52,3)58(44-19-9-36(34-56)10-20-44)50-23-17-40(32-48(50)52)38-13-15-42-29-43-16-14-39(31-47(43)46(42)30-38)41-18-24-51-49(33-41)53(2)26-6-8-28-55(53,4)59(51)45-21-11-37(35-57)12-22-45/h9-24,30-33H,5-8,25-29H2,1-4H3. The van der Waals surface area contributed by atoms with Crippen molar-refractivity contribution in [3.05, 3.63) is 155 Å². The van der Waals surface area contributed by atoms with Crippen molar-refractivity contribution in [2.45, 2.75) is 107 Å².